The molecule has 8 nitrogen and oxygen atoms in total. The minimum absolute atomic E-state index is 0.0142. The molecule has 4 aromatic rings. The lowest BCUT2D eigenvalue weighted by Crippen LogP contribution is -2.41. The van der Waals surface area contributed by atoms with E-state index in [1.807, 2.05) is 6.07 Å². The Bertz CT molecular complexity index is 1670. The molecule has 2 heterocycles. The van der Waals surface area contributed by atoms with E-state index in [0.717, 1.165) is 0 Å². The van der Waals surface area contributed by atoms with E-state index in [2.05, 4.69) is 16.3 Å². The Morgan fingerprint density at radius 1 is 1.07 bits per heavy atom. The van der Waals surface area contributed by atoms with E-state index in [0.29, 0.717) is 17.9 Å². The van der Waals surface area contributed by atoms with Gasteiger partial charge in [0.1, 0.15) is 24.1 Å². The molecule has 1 aliphatic rings. The second-order valence-electron chi connectivity index (χ2n) is 8.84. The van der Waals surface area contributed by atoms with Gasteiger partial charge in [0.2, 0.25) is 0 Å². The number of halogens is 2. The predicted octanol–water partition coefficient (Wildman–Crippen LogP) is 4.82. The van der Waals surface area contributed by atoms with Gasteiger partial charge in [-0.2, -0.15) is 19.1 Å². The maximum absolute atomic E-state index is 15.0. The smallest absolute Gasteiger partial charge is 0.298 e. The van der Waals surface area contributed by atoms with Crippen LogP contribution in [0.1, 0.15) is 37.5 Å². The minimum atomic E-state index is -3.20. The average Bonchev–Trinajstić information content (AvgIpc) is 3.42. The van der Waals surface area contributed by atoms with Gasteiger partial charge in [-0.3, -0.25) is 14.3 Å². The third kappa shape index (κ3) is 4.86. The number of carbonyl (C=O) groups excluding carboxylic acids is 2. The summed E-state index contributed by atoms with van der Waals surface area (Å²) in [4.78, 5) is 28.0. The van der Waals surface area contributed by atoms with Crippen LogP contribution in [0.3, 0.4) is 0 Å². The monoisotopic (exact) mass is 537 g/mol. The zero-order valence-corrected chi connectivity index (χ0v) is 21.0. The molecule has 0 saturated carbocycles. The molecule has 2 amide bonds. The number of anilines is 2. The molecular weight excluding hydrogens is 516 g/mol. The number of ether oxygens (including phenoxy) is 1. The second kappa shape index (κ2) is 10.7. The predicted molar refractivity (Wildman–Crippen MR) is 143 cm³/mol. The van der Waals surface area contributed by atoms with Gasteiger partial charge >= 0.3 is 0 Å². The Morgan fingerprint density at radius 2 is 1.80 bits per heavy atom. The zero-order chi connectivity index (χ0) is 28.3. The minimum Gasteiger partial charge on any atom is -0.480 e. The summed E-state index contributed by atoms with van der Waals surface area (Å²) in [6.07, 6.45) is 6.49. The van der Waals surface area contributed by atoms with Gasteiger partial charge in [0.05, 0.1) is 23.9 Å². The summed E-state index contributed by atoms with van der Waals surface area (Å²) in [5.74, 6) is -1.70. The fourth-order valence-corrected chi connectivity index (χ4v) is 4.42. The van der Waals surface area contributed by atoms with Crippen LogP contribution >= 0.6 is 0 Å². The molecule has 0 saturated heterocycles. The van der Waals surface area contributed by atoms with Gasteiger partial charge in [0.15, 0.2) is 0 Å². The second-order valence-corrected chi connectivity index (χ2v) is 8.84. The van der Waals surface area contributed by atoms with Crippen molar-refractivity contribution in [2.45, 2.75) is 12.5 Å². The van der Waals surface area contributed by atoms with Crippen molar-refractivity contribution >= 4 is 23.2 Å². The number of nitriles is 1. The fourth-order valence-electron chi connectivity index (χ4n) is 4.42. The van der Waals surface area contributed by atoms with Crippen molar-refractivity contribution in [3.63, 3.8) is 0 Å². The highest BCUT2D eigenvalue weighted by molar-refractivity contribution is 6.15. The standard InChI is InChI=1S/C30H21F2N5O3/c1-2-16-40-26-13-10-23(17-20(26)18-33)35-28(38)25-19-34-37-15-14-36(29(39)27(25)37)24-11-8-22(9-12-24)30(31,32)21-6-4-3-5-7-21/h1,3-13,17,19H,14-16H2,(H,35,38). The molecule has 198 valence electrons. The summed E-state index contributed by atoms with van der Waals surface area (Å²) in [6.45, 7) is 0.531. The van der Waals surface area contributed by atoms with E-state index in [9.17, 15) is 23.6 Å². The molecular formula is C30H21F2N5O3. The first-order valence-electron chi connectivity index (χ1n) is 12.2. The van der Waals surface area contributed by atoms with Crippen LogP contribution < -0.4 is 15.0 Å². The molecule has 0 spiro atoms. The van der Waals surface area contributed by atoms with Crippen LogP contribution in [0, 0.1) is 23.7 Å². The Labute approximate surface area is 228 Å². The van der Waals surface area contributed by atoms with Crippen molar-refractivity contribution in [3.05, 3.63) is 107 Å². The zero-order valence-electron chi connectivity index (χ0n) is 21.0. The van der Waals surface area contributed by atoms with Crippen LogP contribution in [0.4, 0.5) is 20.2 Å². The molecule has 10 heteroatoms. The molecule has 40 heavy (non-hydrogen) atoms. The highest BCUT2D eigenvalue weighted by atomic mass is 19.3. The number of nitrogens with zero attached hydrogens (tertiary/aromatic N) is 4. The quantitative estimate of drug-likeness (QED) is 0.341. The van der Waals surface area contributed by atoms with E-state index < -0.39 is 17.7 Å². The number of benzene rings is 3. The Hall–Kier alpha value is -5.48. The first-order valence-corrected chi connectivity index (χ1v) is 12.2. The van der Waals surface area contributed by atoms with Crippen LogP contribution in [-0.4, -0.2) is 34.7 Å². The van der Waals surface area contributed by atoms with Crippen LogP contribution in [0.25, 0.3) is 0 Å². The number of fused-ring (bicyclic) bond motifs is 1. The molecule has 0 atom stereocenters. The van der Waals surface area contributed by atoms with Gasteiger partial charge in [-0.25, -0.2) is 0 Å². The first kappa shape index (κ1) is 26.1. The van der Waals surface area contributed by atoms with Gasteiger partial charge in [-0.05, 0) is 30.3 Å². The molecule has 1 aromatic heterocycles. The molecule has 5 rings (SSSR count). The number of amides is 2. The average molecular weight is 538 g/mol. The Morgan fingerprint density at radius 3 is 2.50 bits per heavy atom. The number of nitrogens with one attached hydrogen (secondary N) is 1. The summed E-state index contributed by atoms with van der Waals surface area (Å²) in [5, 5.41) is 16.3. The van der Waals surface area contributed by atoms with Crippen molar-refractivity contribution < 1.29 is 23.1 Å². The van der Waals surface area contributed by atoms with Crippen LogP contribution in [0.5, 0.6) is 5.75 Å². The third-order valence-electron chi connectivity index (χ3n) is 6.41. The van der Waals surface area contributed by atoms with Crippen molar-refractivity contribution in [1.29, 1.82) is 5.26 Å². The normalized spacial score (nSPS) is 12.7. The lowest BCUT2D eigenvalue weighted by Gasteiger charge is -2.28. The molecule has 0 unspecified atom stereocenters. The maximum Gasteiger partial charge on any atom is 0.298 e. The van der Waals surface area contributed by atoms with Gasteiger partial charge in [0, 0.05) is 29.0 Å². The molecule has 1 N–H and O–H groups in total. The van der Waals surface area contributed by atoms with Crippen molar-refractivity contribution in [3.8, 4) is 24.2 Å². The Balaban J connectivity index is 1.36. The molecule has 3 aromatic carbocycles. The van der Waals surface area contributed by atoms with E-state index in [4.69, 9.17) is 11.2 Å². The number of terminal acetylenes is 1. The SMILES string of the molecule is C#CCOc1ccc(NC(=O)c2cnn3c2C(=O)N(c2ccc(C(F)(F)c4ccccc4)cc2)CC3)cc1C#N. The van der Waals surface area contributed by atoms with Gasteiger partial charge in [-0.1, -0.05) is 48.4 Å². The lowest BCUT2D eigenvalue weighted by molar-refractivity contribution is 0.0428. The van der Waals surface area contributed by atoms with Gasteiger partial charge < -0.3 is 15.0 Å². The number of alkyl halides is 2. The lowest BCUT2D eigenvalue weighted by atomic mass is 10.00. The van der Waals surface area contributed by atoms with Crippen LogP contribution in [-0.2, 0) is 12.5 Å². The summed E-state index contributed by atoms with van der Waals surface area (Å²) >= 11 is 0. The summed E-state index contributed by atoms with van der Waals surface area (Å²) in [5.41, 5.74) is 0.665. The van der Waals surface area contributed by atoms with Crippen LogP contribution in [0.2, 0.25) is 0 Å². The fraction of sp³-hybridized carbons (Fsp3) is 0.133. The molecule has 0 radical (unpaired) electrons. The highest BCUT2D eigenvalue weighted by Gasteiger charge is 2.35. The molecule has 1 aliphatic heterocycles. The Kier molecular flexibility index (Phi) is 7.00. The number of hydrogen-bond donors (Lipinski definition) is 1. The largest absolute Gasteiger partial charge is 0.480 e. The summed E-state index contributed by atoms with van der Waals surface area (Å²) in [6, 6.07) is 19.5. The number of aromatic nitrogens is 2. The third-order valence-corrected chi connectivity index (χ3v) is 6.41. The topological polar surface area (TPSA) is 100 Å². The molecule has 0 aliphatic carbocycles. The highest BCUT2D eigenvalue weighted by Crippen LogP contribution is 2.36. The number of hydrogen-bond acceptors (Lipinski definition) is 5. The van der Waals surface area contributed by atoms with Crippen molar-refractivity contribution in [2.24, 2.45) is 0 Å². The van der Waals surface area contributed by atoms with Gasteiger partial charge in [-0.15, -0.1) is 6.42 Å². The maximum atomic E-state index is 15.0. The van der Waals surface area contributed by atoms with Crippen LogP contribution in [0.15, 0.2) is 79.0 Å². The van der Waals surface area contributed by atoms with Gasteiger partial charge in [0.25, 0.3) is 17.7 Å². The van der Waals surface area contributed by atoms with Crippen molar-refractivity contribution in [1.82, 2.24) is 9.78 Å². The summed E-state index contributed by atoms with van der Waals surface area (Å²) in [7, 11) is 0. The first-order chi connectivity index (χ1) is 19.3. The molecule has 0 fully saturated rings. The molecule has 0 bridgehead atoms. The van der Waals surface area contributed by atoms with E-state index in [1.165, 1.54) is 64.3 Å². The van der Waals surface area contributed by atoms with Crippen molar-refractivity contribution in [2.75, 3.05) is 23.4 Å². The summed E-state index contributed by atoms with van der Waals surface area (Å²) < 4.78 is 36.7. The number of carbonyl (C=O) groups is 2. The van der Waals surface area contributed by atoms with E-state index >= 15 is 0 Å². The van der Waals surface area contributed by atoms with E-state index in [1.54, 1.807) is 24.3 Å². The number of rotatable bonds is 7. The van der Waals surface area contributed by atoms with E-state index in [-0.39, 0.29) is 46.8 Å².